The van der Waals surface area contributed by atoms with Crippen molar-refractivity contribution in [2.45, 2.75) is 31.8 Å². The molecule has 0 saturated heterocycles. The van der Waals surface area contributed by atoms with Crippen LogP contribution in [0.1, 0.15) is 39.6 Å². The Hall–Kier alpha value is -1.24. The van der Waals surface area contributed by atoms with Crippen molar-refractivity contribution in [1.82, 2.24) is 10.3 Å². The molecular weight excluding hydrogens is 350 g/mol. The van der Waals surface area contributed by atoms with Crippen LogP contribution >= 0.6 is 27.3 Å². The summed E-state index contributed by atoms with van der Waals surface area (Å²) in [5, 5.41) is 5.62. The number of hydrogen-bond donors (Lipinski definition) is 2. The molecule has 3 N–H and O–H groups in total. The van der Waals surface area contributed by atoms with Crippen molar-refractivity contribution in [3.8, 4) is 0 Å². The molecule has 21 heavy (non-hydrogen) atoms. The Kier molecular flexibility index (Phi) is 4.10. The number of rotatable bonds is 3. The van der Waals surface area contributed by atoms with Crippen LogP contribution in [0, 0.1) is 0 Å². The minimum absolute atomic E-state index is 0.116. The molecule has 2 aromatic rings. The number of nitrogens with two attached hydrogens (primary N) is 1. The van der Waals surface area contributed by atoms with Crippen molar-refractivity contribution in [3.63, 3.8) is 0 Å². The van der Waals surface area contributed by atoms with E-state index in [0.717, 1.165) is 22.3 Å². The number of benzene rings is 1. The van der Waals surface area contributed by atoms with Crippen LogP contribution in [-0.4, -0.2) is 16.9 Å². The highest BCUT2D eigenvalue weighted by atomic mass is 79.9. The van der Waals surface area contributed by atoms with Gasteiger partial charge in [0, 0.05) is 15.9 Å². The van der Waals surface area contributed by atoms with Crippen molar-refractivity contribution in [3.05, 3.63) is 49.9 Å². The third-order valence-corrected chi connectivity index (χ3v) is 5.12. The average molecular weight is 366 g/mol. The van der Waals surface area contributed by atoms with Gasteiger partial charge >= 0.3 is 0 Å². The van der Waals surface area contributed by atoms with Crippen LogP contribution in [0.15, 0.2) is 28.1 Å². The van der Waals surface area contributed by atoms with E-state index in [-0.39, 0.29) is 18.0 Å². The molecule has 110 valence electrons. The van der Waals surface area contributed by atoms with Gasteiger partial charge in [0.15, 0.2) is 0 Å². The Morgan fingerprint density at radius 3 is 2.95 bits per heavy atom. The number of thiazole rings is 1. The van der Waals surface area contributed by atoms with Crippen LogP contribution in [0.25, 0.3) is 0 Å². The average Bonchev–Trinajstić information content (AvgIpc) is 3.03. The van der Waals surface area contributed by atoms with Crippen LogP contribution in [0.4, 0.5) is 0 Å². The molecule has 0 fully saturated rings. The number of nitrogens with zero attached hydrogens (tertiary/aromatic N) is 1. The first kappa shape index (κ1) is 14.7. The van der Waals surface area contributed by atoms with Gasteiger partial charge < -0.3 is 11.1 Å². The van der Waals surface area contributed by atoms with Crippen LogP contribution in [0.2, 0.25) is 0 Å². The van der Waals surface area contributed by atoms with E-state index < -0.39 is 0 Å². The summed E-state index contributed by atoms with van der Waals surface area (Å²) < 4.78 is 1.08. The lowest BCUT2D eigenvalue weighted by Gasteiger charge is -2.10. The van der Waals surface area contributed by atoms with Gasteiger partial charge in [-0.25, -0.2) is 4.98 Å². The molecule has 0 bridgehead atoms. The summed E-state index contributed by atoms with van der Waals surface area (Å²) in [5.41, 5.74) is 8.84. The van der Waals surface area contributed by atoms with Gasteiger partial charge in [-0.1, -0.05) is 22.0 Å². The number of halogens is 1. The summed E-state index contributed by atoms with van der Waals surface area (Å²) in [7, 11) is 0. The predicted molar refractivity (Wildman–Crippen MR) is 87.5 cm³/mol. The Bertz CT molecular complexity index is 683. The second kappa shape index (κ2) is 5.87. The molecule has 1 heterocycles. The predicted octanol–water partition coefficient (Wildman–Crippen LogP) is 2.82. The Labute approximate surface area is 135 Å². The summed E-state index contributed by atoms with van der Waals surface area (Å²) in [4.78, 5) is 16.5. The fourth-order valence-electron chi connectivity index (χ4n) is 2.55. The van der Waals surface area contributed by atoms with Gasteiger partial charge in [0.1, 0.15) is 10.7 Å². The molecule has 1 aliphatic rings. The van der Waals surface area contributed by atoms with Crippen molar-refractivity contribution in [1.29, 1.82) is 0 Å². The highest BCUT2D eigenvalue weighted by Crippen LogP contribution is 2.26. The molecule has 0 saturated carbocycles. The first-order valence-corrected chi connectivity index (χ1v) is 8.49. The number of hydrogen-bond acceptors (Lipinski definition) is 4. The molecule has 1 aromatic heterocycles. The molecular formula is C15H16BrN3OS. The minimum atomic E-state index is -0.135. The zero-order valence-electron chi connectivity index (χ0n) is 11.6. The maximum Gasteiger partial charge on any atom is 0.270 e. The maximum absolute atomic E-state index is 12.2. The van der Waals surface area contributed by atoms with E-state index in [1.807, 2.05) is 13.0 Å². The van der Waals surface area contributed by atoms with Crippen molar-refractivity contribution >= 4 is 33.2 Å². The van der Waals surface area contributed by atoms with Crippen LogP contribution in [-0.2, 0) is 12.8 Å². The molecule has 0 radical (unpaired) electrons. The first-order chi connectivity index (χ1) is 10.0. The van der Waals surface area contributed by atoms with Gasteiger partial charge in [0.25, 0.3) is 5.91 Å². The number of carbonyl (C=O) groups is 1. The van der Waals surface area contributed by atoms with Gasteiger partial charge in [0.2, 0.25) is 0 Å². The molecule has 0 spiro atoms. The summed E-state index contributed by atoms with van der Waals surface area (Å²) in [6.45, 7) is 1.87. The molecule has 1 amide bonds. The molecule has 6 heteroatoms. The normalized spacial score (nSPS) is 18.3. The van der Waals surface area contributed by atoms with Crippen molar-refractivity contribution in [2.75, 3.05) is 0 Å². The van der Waals surface area contributed by atoms with Gasteiger partial charge in [0.05, 0.1) is 6.04 Å². The summed E-state index contributed by atoms with van der Waals surface area (Å²) in [6, 6.07) is 6.28. The lowest BCUT2D eigenvalue weighted by Crippen LogP contribution is -2.35. The topological polar surface area (TPSA) is 68.0 Å². The highest BCUT2D eigenvalue weighted by Gasteiger charge is 2.24. The monoisotopic (exact) mass is 365 g/mol. The second-order valence-corrected chi connectivity index (χ2v) is 7.16. The van der Waals surface area contributed by atoms with E-state index >= 15 is 0 Å². The van der Waals surface area contributed by atoms with Gasteiger partial charge in [-0.3, -0.25) is 4.79 Å². The van der Waals surface area contributed by atoms with Crippen LogP contribution in [0.5, 0.6) is 0 Å². The second-order valence-electron chi connectivity index (χ2n) is 5.35. The molecule has 2 atom stereocenters. The van der Waals surface area contributed by atoms with E-state index in [2.05, 4.69) is 38.4 Å². The van der Waals surface area contributed by atoms with Gasteiger partial charge in [-0.2, -0.15) is 0 Å². The number of carbonyl (C=O) groups excluding carboxylic acids is 1. The maximum atomic E-state index is 12.2. The SMILES string of the molecule is CC(N)c1nc(C(=O)NC2Cc3ccc(Br)cc3C2)cs1. The number of fused-ring (bicyclic) bond motifs is 1. The van der Waals surface area contributed by atoms with E-state index in [1.54, 1.807) is 5.38 Å². The summed E-state index contributed by atoms with van der Waals surface area (Å²) in [6.07, 6.45) is 1.74. The largest absolute Gasteiger partial charge is 0.347 e. The van der Waals surface area contributed by atoms with E-state index in [1.165, 1.54) is 22.5 Å². The molecule has 4 nitrogen and oxygen atoms in total. The van der Waals surface area contributed by atoms with Crippen LogP contribution < -0.4 is 11.1 Å². The van der Waals surface area contributed by atoms with Crippen LogP contribution in [0.3, 0.4) is 0 Å². The zero-order chi connectivity index (χ0) is 15.0. The third-order valence-electron chi connectivity index (χ3n) is 3.58. The molecule has 3 rings (SSSR count). The van der Waals surface area contributed by atoms with Gasteiger partial charge in [-0.15, -0.1) is 11.3 Å². The Morgan fingerprint density at radius 1 is 1.48 bits per heavy atom. The van der Waals surface area contributed by atoms with Crippen molar-refractivity contribution in [2.24, 2.45) is 5.73 Å². The van der Waals surface area contributed by atoms with E-state index in [4.69, 9.17) is 5.73 Å². The Balaban J connectivity index is 1.66. The van der Waals surface area contributed by atoms with E-state index in [0.29, 0.717) is 5.69 Å². The van der Waals surface area contributed by atoms with E-state index in [9.17, 15) is 4.79 Å². The smallest absolute Gasteiger partial charge is 0.270 e. The summed E-state index contributed by atoms with van der Waals surface area (Å²) in [5.74, 6) is -0.116. The molecule has 2 unspecified atom stereocenters. The number of nitrogens with one attached hydrogen (secondary N) is 1. The Morgan fingerprint density at radius 2 is 2.24 bits per heavy atom. The minimum Gasteiger partial charge on any atom is -0.347 e. The third kappa shape index (κ3) is 3.17. The quantitative estimate of drug-likeness (QED) is 0.878. The fourth-order valence-corrected chi connectivity index (χ4v) is 3.72. The van der Waals surface area contributed by atoms with Gasteiger partial charge in [-0.05, 0) is 43.0 Å². The lowest BCUT2D eigenvalue weighted by molar-refractivity contribution is 0.0934. The number of aromatic nitrogens is 1. The number of amides is 1. The summed E-state index contributed by atoms with van der Waals surface area (Å²) >= 11 is 4.91. The highest BCUT2D eigenvalue weighted by molar-refractivity contribution is 9.10. The first-order valence-electron chi connectivity index (χ1n) is 6.82. The fraction of sp³-hybridized carbons (Fsp3) is 0.333. The molecule has 1 aromatic carbocycles. The van der Waals surface area contributed by atoms with Crippen molar-refractivity contribution < 1.29 is 4.79 Å². The molecule has 0 aliphatic heterocycles. The lowest BCUT2D eigenvalue weighted by atomic mass is 10.1. The molecule has 1 aliphatic carbocycles. The zero-order valence-corrected chi connectivity index (χ0v) is 14.0. The standard InChI is InChI=1S/C15H16BrN3OS/c1-8(17)15-19-13(7-21-15)14(20)18-12-5-9-2-3-11(16)4-10(9)6-12/h2-4,7-8,12H,5-6,17H2,1H3,(H,18,20).